The topological polar surface area (TPSA) is 82.8 Å². The first kappa shape index (κ1) is 12.0. The molecule has 0 fully saturated rings. The molecule has 0 unspecified atom stereocenters. The summed E-state index contributed by atoms with van der Waals surface area (Å²) in [6, 6.07) is 2.15. The largest absolute Gasteiger partial charge is 0.368 e. The molecule has 0 saturated carbocycles. The van der Waals surface area contributed by atoms with E-state index in [2.05, 4.69) is 15.4 Å². The predicted octanol–water partition coefficient (Wildman–Crippen LogP) is 2.03. The molecular formula is C10H15N5OS. The minimum absolute atomic E-state index is 0.240. The molecule has 7 heteroatoms. The molecule has 0 atom stereocenters. The highest BCUT2D eigenvalue weighted by Gasteiger charge is 2.13. The summed E-state index contributed by atoms with van der Waals surface area (Å²) in [5.74, 6) is 1.94. The number of rotatable bonds is 4. The van der Waals surface area contributed by atoms with E-state index in [4.69, 9.17) is 10.3 Å². The van der Waals surface area contributed by atoms with Gasteiger partial charge in [-0.1, -0.05) is 16.9 Å². The van der Waals surface area contributed by atoms with Crippen LogP contribution in [0.4, 0.5) is 5.95 Å². The van der Waals surface area contributed by atoms with E-state index >= 15 is 0 Å². The van der Waals surface area contributed by atoms with Crippen molar-refractivity contribution >= 4 is 17.7 Å². The SMILES string of the molecule is Cc1cc(CSc2nnc(N)n2C(C)C)on1. The fourth-order valence-electron chi connectivity index (χ4n) is 1.49. The zero-order valence-electron chi connectivity index (χ0n) is 10.0. The van der Waals surface area contributed by atoms with Crippen LogP contribution in [0.5, 0.6) is 0 Å². The van der Waals surface area contributed by atoms with Crippen LogP contribution >= 0.6 is 11.8 Å². The summed E-state index contributed by atoms with van der Waals surface area (Å²) in [4.78, 5) is 0. The first-order valence-corrected chi connectivity index (χ1v) is 6.32. The summed E-state index contributed by atoms with van der Waals surface area (Å²) in [5.41, 5.74) is 6.64. The van der Waals surface area contributed by atoms with E-state index in [1.54, 1.807) is 0 Å². The van der Waals surface area contributed by atoms with Crippen molar-refractivity contribution in [1.29, 1.82) is 0 Å². The van der Waals surface area contributed by atoms with E-state index in [0.29, 0.717) is 11.7 Å². The molecule has 0 aromatic carbocycles. The lowest BCUT2D eigenvalue weighted by Crippen LogP contribution is -2.06. The summed E-state index contributed by atoms with van der Waals surface area (Å²) >= 11 is 1.54. The molecule has 0 radical (unpaired) electrons. The Bertz CT molecular complexity index is 505. The Morgan fingerprint density at radius 1 is 1.47 bits per heavy atom. The lowest BCUT2D eigenvalue weighted by atomic mass is 10.4. The van der Waals surface area contributed by atoms with Crippen LogP contribution in [0.25, 0.3) is 0 Å². The molecule has 0 aliphatic rings. The quantitative estimate of drug-likeness (QED) is 0.839. The Morgan fingerprint density at radius 2 is 2.24 bits per heavy atom. The second kappa shape index (κ2) is 4.79. The van der Waals surface area contributed by atoms with Crippen LogP contribution in [0, 0.1) is 6.92 Å². The number of nitrogens with zero attached hydrogens (tertiary/aromatic N) is 4. The normalized spacial score (nSPS) is 11.3. The van der Waals surface area contributed by atoms with Crippen molar-refractivity contribution in [2.24, 2.45) is 0 Å². The Labute approximate surface area is 104 Å². The highest BCUT2D eigenvalue weighted by Crippen LogP contribution is 2.25. The van der Waals surface area contributed by atoms with Gasteiger partial charge in [-0.3, -0.25) is 4.57 Å². The molecule has 0 saturated heterocycles. The van der Waals surface area contributed by atoms with E-state index in [9.17, 15) is 0 Å². The smallest absolute Gasteiger partial charge is 0.222 e. The van der Waals surface area contributed by atoms with E-state index in [1.807, 2.05) is 31.4 Å². The Kier molecular flexibility index (Phi) is 3.37. The molecule has 2 aromatic heterocycles. The average molecular weight is 253 g/mol. The van der Waals surface area contributed by atoms with Crippen molar-refractivity contribution in [3.63, 3.8) is 0 Å². The maximum atomic E-state index is 5.76. The molecule has 0 spiro atoms. The Morgan fingerprint density at radius 3 is 2.82 bits per heavy atom. The summed E-state index contributed by atoms with van der Waals surface area (Å²) in [6.45, 7) is 5.98. The van der Waals surface area contributed by atoms with Crippen molar-refractivity contribution in [3.8, 4) is 0 Å². The van der Waals surface area contributed by atoms with E-state index < -0.39 is 0 Å². The van der Waals surface area contributed by atoms with E-state index in [1.165, 1.54) is 11.8 Å². The molecule has 0 aliphatic carbocycles. The molecule has 2 heterocycles. The standard InChI is InChI=1S/C10H15N5OS/c1-6(2)15-9(11)12-13-10(15)17-5-8-4-7(3)14-16-8/h4,6H,5H2,1-3H3,(H2,11,12). The summed E-state index contributed by atoms with van der Waals surface area (Å²) in [6.07, 6.45) is 0. The third kappa shape index (κ3) is 2.60. The van der Waals surface area contributed by atoms with Gasteiger partial charge in [0.1, 0.15) is 5.76 Å². The number of aryl methyl sites for hydroxylation is 1. The van der Waals surface area contributed by atoms with Gasteiger partial charge in [-0.15, -0.1) is 10.2 Å². The predicted molar refractivity (Wildman–Crippen MR) is 65.6 cm³/mol. The van der Waals surface area contributed by atoms with Crippen LogP contribution in [0.1, 0.15) is 31.3 Å². The van der Waals surface area contributed by atoms with Crippen LogP contribution < -0.4 is 5.73 Å². The van der Waals surface area contributed by atoms with Crippen LogP contribution in [0.2, 0.25) is 0 Å². The lowest BCUT2D eigenvalue weighted by molar-refractivity contribution is 0.390. The van der Waals surface area contributed by atoms with E-state index in [-0.39, 0.29) is 6.04 Å². The number of hydrogen-bond acceptors (Lipinski definition) is 6. The van der Waals surface area contributed by atoms with Crippen LogP contribution in [0.15, 0.2) is 15.7 Å². The van der Waals surface area contributed by atoms with Gasteiger partial charge in [-0.25, -0.2) is 0 Å². The second-order valence-corrected chi connectivity index (χ2v) is 4.97. The van der Waals surface area contributed by atoms with E-state index in [0.717, 1.165) is 16.6 Å². The van der Waals surface area contributed by atoms with Gasteiger partial charge in [0.2, 0.25) is 5.95 Å². The van der Waals surface area contributed by atoms with Crippen LogP contribution in [-0.4, -0.2) is 19.9 Å². The molecule has 2 N–H and O–H groups in total. The molecule has 17 heavy (non-hydrogen) atoms. The highest BCUT2D eigenvalue weighted by molar-refractivity contribution is 7.98. The molecule has 92 valence electrons. The summed E-state index contributed by atoms with van der Waals surface area (Å²) < 4.78 is 7.03. The number of hydrogen-bond donors (Lipinski definition) is 1. The number of nitrogens with two attached hydrogens (primary N) is 1. The van der Waals surface area contributed by atoms with Gasteiger partial charge in [-0.2, -0.15) is 0 Å². The van der Waals surface area contributed by atoms with Crippen LogP contribution in [-0.2, 0) is 5.75 Å². The van der Waals surface area contributed by atoms with Crippen molar-refractivity contribution in [2.45, 2.75) is 37.7 Å². The van der Waals surface area contributed by atoms with Gasteiger partial charge in [-0.05, 0) is 20.8 Å². The fraction of sp³-hybridized carbons (Fsp3) is 0.500. The Hall–Kier alpha value is -1.50. The molecule has 2 rings (SSSR count). The molecule has 0 amide bonds. The maximum absolute atomic E-state index is 5.76. The summed E-state index contributed by atoms with van der Waals surface area (Å²) in [5, 5.41) is 12.6. The molecule has 2 aromatic rings. The third-order valence-corrected chi connectivity index (χ3v) is 3.19. The Balaban J connectivity index is 2.09. The number of anilines is 1. The van der Waals surface area contributed by atoms with Gasteiger partial charge in [0, 0.05) is 12.1 Å². The van der Waals surface area contributed by atoms with Gasteiger partial charge >= 0.3 is 0 Å². The molecular weight excluding hydrogens is 238 g/mol. The lowest BCUT2D eigenvalue weighted by Gasteiger charge is -2.10. The van der Waals surface area contributed by atoms with Gasteiger partial charge < -0.3 is 10.3 Å². The fourth-order valence-corrected chi connectivity index (χ4v) is 2.44. The first-order valence-electron chi connectivity index (χ1n) is 5.33. The third-order valence-electron chi connectivity index (χ3n) is 2.23. The van der Waals surface area contributed by atoms with Gasteiger partial charge in [0.25, 0.3) is 0 Å². The van der Waals surface area contributed by atoms with Crippen molar-refractivity contribution in [1.82, 2.24) is 19.9 Å². The highest BCUT2D eigenvalue weighted by atomic mass is 32.2. The van der Waals surface area contributed by atoms with Gasteiger partial charge in [0.15, 0.2) is 5.16 Å². The average Bonchev–Trinajstić information content (AvgIpc) is 2.82. The molecule has 0 aliphatic heterocycles. The number of nitrogen functional groups attached to an aromatic ring is 1. The second-order valence-electron chi connectivity index (χ2n) is 4.03. The minimum atomic E-state index is 0.240. The maximum Gasteiger partial charge on any atom is 0.222 e. The van der Waals surface area contributed by atoms with Crippen LogP contribution in [0.3, 0.4) is 0 Å². The van der Waals surface area contributed by atoms with Crippen molar-refractivity contribution in [2.75, 3.05) is 5.73 Å². The zero-order valence-corrected chi connectivity index (χ0v) is 10.9. The zero-order chi connectivity index (χ0) is 12.4. The minimum Gasteiger partial charge on any atom is -0.368 e. The first-order chi connectivity index (χ1) is 8.08. The van der Waals surface area contributed by atoms with Gasteiger partial charge in [0.05, 0.1) is 11.4 Å². The van der Waals surface area contributed by atoms with Crippen molar-refractivity contribution in [3.05, 3.63) is 17.5 Å². The number of aromatic nitrogens is 4. The molecule has 0 bridgehead atoms. The summed E-state index contributed by atoms with van der Waals surface area (Å²) in [7, 11) is 0. The monoisotopic (exact) mass is 253 g/mol. The number of thioether (sulfide) groups is 1. The van der Waals surface area contributed by atoms with Crippen molar-refractivity contribution < 1.29 is 4.52 Å². The molecule has 6 nitrogen and oxygen atoms in total.